The van der Waals surface area contributed by atoms with Gasteiger partial charge in [-0.05, 0) is 6.26 Å². The maximum absolute atomic E-state index is 4.02. The molecule has 0 aromatic rings. The number of hydrogen-bond donors (Lipinski definition) is 1. The van der Waals surface area contributed by atoms with E-state index < -0.39 is 0 Å². The lowest BCUT2D eigenvalue weighted by atomic mass is 11.3. The molecule has 0 aliphatic heterocycles. The first kappa shape index (κ1) is 9.46. The van der Waals surface area contributed by atoms with Crippen molar-refractivity contribution in [1.82, 2.24) is 0 Å². The van der Waals surface area contributed by atoms with Gasteiger partial charge in [0.1, 0.15) is 4.38 Å². The van der Waals surface area contributed by atoms with Crippen LogP contribution in [0, 0.1) is 0 Å². The van der Waals surface area contributed by atoms with Crippen LogP contribution in [0.1, 0.15) is 0 Å². The summed E-state index contributed by atoms with van der Waals surface area (Å²) in [5.41, 5.74) is 0. The fourth-order valence-corrected chi connectivity index (χ4v) is 1.83. The van der Waals surface area contributed by atoms with Gasteiger partial charge in [-0.3, -0.25) is 4.99 Å². The lowest BCUT2D eigenvalue weighted by molar-refractivity contribution is 1.48. The fraction of sp³-hybridized carbons (Fsp3) is 0.400. The maximum atomic E-state index is 4.02. The molecule has 0 N–H and O–H groups in total. The smallest absolute Gasteiger partial charge is 0.129 e. The summed E-state index contributed by atoms with van der Waals surface area (Å²) in [4.78, 5) is 3.98. The van der Waals surface area contributed by atoms with Gasteiger partial charge in [-0.1, -0.05) is 18.3 Å². The predicted octanol–water partition coefficient (Wildman–Crippen LogP) is 2.47. The van der Waals surface area contributed by atoms with E-state index >= 15 is 0 Å². The molecule has 0 heterocycles. The van der Waals surface area contributed by atoms with Crippen molar-refractivity contribution in [3.05, 3.63) is 10.8 Å². The van der Waals surface area contributed by atoms with Gasteiger partial charge in [0.05, 0.1) is 0 Å². The second kappa shape index (κ2) is 5.26. The average molecular weight is 179 g/mol. The third-order valence-electron chi connectivity index (χ3n) is 0.562. The van der Waals surface area contributed by atoms with Crippen LogP contribution in [0.3, 0.4) is 0 Å². The van der Waals surface area contributed by atoms with Gasteiger partial charge in [-0.15, -0.1) is 24.4 Å². The zero-order valence-electron chi connectivity index (χ0n) is 5.42. The Bertz CT molecular complexity index is 130. The number of aliphatic imine (C=N–C) groups is 1. The maximum Gasteiger partial charge on any atom is 0.129 e. The molecule has 0 aliphatic rings. The number of hydrogen-bond acceptors (Lipinski definition) is 4. The highest BCUT2D eigenvalue weighted by molar-refractivity contribution is 8.43. The summed E-state index contributed by atoms with van der Waals surface area (Å²) in [5.74, 6) is 0. The lowest BCUT2D eigenvalue weighted by Gasteiger charge is -1.97. The van der Waals surface area contributed by atoms with Gasteiger partial charge in [0.2, 0.25) is 0 Å². The molecule has 0 radical (unpaired) electrons. The molecule has 0 aromatic heterocycles. The molecule has 0 rings (SSSR count). The summed E-state index contributed by atoms with van der Waals surface area (Å²) in [7, 11) is 1.76. The van der Waals surface area contributed by atoms with Gasteiger partial charge in [-0.2, -0.15) is 0 Å². The third kappa shape index (κ3) is 4.93. The average Bonchev–Trinajstić information content (AvgIpc) is 1.82. The molecule has 4 heteroatoms. The summed E-state index contributed by atoms with van der Waals surface area (Å²) in [5, 5.41) is 0. The van der Waals surface area contributed by atoms with E-state index in [4.69, 9.17) is 0 Å². The monoisotopic (exact) mass is 179 g/mol. The van der Waals surface area contributed by atoms with Crippen LogP contribution in [0.25, 0.3) is 0 Å². The largest absolute Gasteiger partial charge is 0.275 e. The fourth-order valence-electron chi connectivity index (χ4n) is 0.279. The minimum Gasteiger partial charge on any atom is -0.275 e. The highest BCUT2D eigenvalue weighted by Gasteiger charge is 1.95. The Hall–Kier alpha value is 0.460. The van der Waals surface area contributed by atoms with Crippen LogP contribution in [0.15, 0.2) is 15.8 Å². The van der Waals surface area contributed by atoms with Crippen LogP contribution in [0.4, 0.5) is 0 Å². The third-order valence-corrected chi connectivity index (χ3v) is 2.71. The Kier molecular flexibility index (Phi) is 5.53. The van der Waals surface area contributed by atoms with E-state index in [1.807, 2.05) is 6.26 Å². The van der Waals surface area contributed by atoms with Crippen molar-refractivity contribution in [1.29, 1.82) is 0 Å². The van der Waals surface area contributed by atoms with E-state index in [0.717, 1.165) is 8.61 Å². The van der Waals surface area contributed by atoms with Crippen molar-refractivity contribution in [2.45, 2.75) is 0 Å². The first-order chi connectivity index (χ1) is 4.20. The van der Waals surface area contributed by atoms with Gasteiger partial charge in [0.25, 0.3) is 0 Å². The summed E-state index contributed by atoms with van der Waals surface area (Å²) in [6.07, 6.45) is 1.98. The van der Waals surface area contributed by atoms with E-state index in [1.54, 1.807) is 18.8 Å². The van der Waals surface area contributed by atoms with Crippen LogP contribution in [-0.4, -0.2) is 17.7 Å². The topological polar surface area (TPSA) is 12.4 Å². The SMILES string of the molecule is C=C(S)SC(=NC)SC. The molecule has 0 saturated carbocycles. The molecule has 0 aromatic carbocycles. The molecule has 0 unspecified atom stereocenters. The molecule has 0 bridgehead atoms. The number of nitrogens with zero attached hydrogens (tertiary/aromatic N) is 1. The highest BCUT2D eigenvalue weighted by Crippen LogP contribution is 2.23. The molecular weight excluding hydrogens is 170 g/mol. The van der Waals surface area contributed by atoms with E-state index in [9.17, 15) is 0 Å². The first-order valence-electron chi connectivity index (χ1n) is 2.27. The summed E-state index contributed by atoms with van der Waals surface area (Å²) < 4.78 is 1.78. The summed E-state index contributed by atoms with van der Waals surface area (Å²) in [6.45, 7) is 3.62. The van der Waals surface area contributed by atoms with E-state index in [-0.39, 0.29) is 0 Å². The Balaban J connectivity index is 3.71. The van der Waals surface area contributed by atoms with Gasteiger partial charge in [0.15, 0.2) is 0 Å². The number of thiol groups is 1. The van der Waals surface area contributed by atoms with E-state index in [2.05, 4.69) is 24.2 Å². The molecule has 0 amide bonds. The molecular formula is C5H9NS3. The minimum absolute atomic E-state index is 0.782. The van der Waals surface area contributed by atoms with Crippen molar-refractivity contribution in [3.63, 3.8) is 0 Å². The van der Waals surface area contributed by atoms with E-state index in [1.165, 1.54) is 11.8 Å². The first-order valence-corrected chi connectivity index (χ1v) is 4.76. The Morgan fingerprint density at radius 1 is 1.67 bits per heavy atom. The van der Waals surface area contributed by atoms with Crippen molar-refractivity contribution < 1.29 is 0 Å². The summed E-state index contributed by atoms with van der Waals surface area (Å²) in [6, 6.07) is 0. The van der Waals surface area contributed by atoms with Crippen LogP contribution in [-0.2, 0) is 0 Å². The second-order valence-corrected chi connectivity index (χ2v) is 4.17. The van der Waals surface area contributed by atoms with Crippen molar-refractivity contribution in [2.75, 3.05) is 13.3 Å². The molecule has 0 saturated heterocycles. The van der Waals surface area contributed by atoms with Gasteiger partial charge < -0.3 is 0 Å². The zero-order chi connectivity index (χ0) is 7.28. The minimum atomic E-state index is 0.782. The molecule has 0 spiro atoms. The van der Waals surface area contributed by atoms with Crippen molar-refractivity contribution >= 4 is 40.5 Å². The van der Waals surface area contributed by atoms with Crippen molar-refractivity contribution in [3.8, 4) is 0 Å². The van der Waals surface area contributed by atoms with Gasteiger partial charge in [0, 0.05) is 11.3 Å². The number of thioether (sulfide) groups is 2. The highest BCUT2D eigenvalue weighted by atomic mass is 32.2. The van der Waals surface area contributed by atoms with Crippen LogP contribution in [0.2, 0.25) is 0 Å². The standard InChI is InChI=1S/C5H9NS3/c1-4(7)9-5(6-2)8-3/h7H,1H2,2-3H3. The Morgan fingerprint density at radius 2 is 2.22 bits per heavy atom. The Morgan fingerprint density at radius 3 is 2.33 bits per heavy atom. The number of rotatable bonds is 1. The molecule has 52 valence electrons. The molecule has 0 aliphatic carbocycles. The Labute approximate surface area is 69.8 Å². The second-order valence-electron chi connectivity index (χ2n) is 1.19. The normalized spacial score (nSPS) is 11.7. The molecule has 0 atom stereocenters. The lowest BCUT2D eigenvalue weighted by Crippen LogP contribution is -1.80. The molecule has 9 heavy (non-hydrogen) atoms. The zero-order valence-corrected chi connectivity index (χ0v) is 7.95. The van der Waals surface area contributed by atoms with Crippen LogP contribution < -0.4 is 0 Å². The van der Waals surface area contributed by atoms with Gasteiger partial charge >= 0.3 is 0 Å². The quantitative estimate of drug-likeness (QED) is 0.377. The molecule has 0 fully saturated rings. The van der Waals surface area contributed by atoms with Gasteiger partial charge in [-0.25, -0.2) is 0 Å². The molecule has 1 nitrogen and oxygen atoms in total. The van der Waals surface area contributed by atoms with Crippen molar-refractivity contribution in [2.24, 2.45) is 4.99 Å². The predicted molar refractivity (Wildman–Crippen MR) is 52.6 cm³/mol. The van der Waals surface area contributed by atoms with Crippen LogP contribution in [0.5, 0.6) is 0 Å². The summed E-state index contributed by atoms with van der Waals surface area (Å²) >= 11 is 7.10. The van der Waals surface area contributed by atoms with E-state index in [0.29, 0.717) is 0 Å². The van der Waals surface area contributed by atoms with Crippen LogP contribution >= 0.6 is 36.2 Å².